The number of rotatable bonds is 7. The average Bonchev–Trinajstić information content (AvgIpc) is 3.24. The number of amides is 2. The topological polar surface area (TPSA) is 75.6 Å². The van der Waals surface area contributed by atoms with Gasteiger partial charge in [-0.2, -0.15) is 0 Å². The highest BCUT2D eigenvalue weighted by Crippen LogP contribution is 2.30. The van der Waals surface area contributed by atoms with E-state index >= 15 is 0 Å². The average molecular weight is 471 g/mol. The smallest absolute Gasteiger partial charge is 0.321 e. The summed E-state index contributed by atoms with van der Waals surface area (Å²) >= 11 is 1.45. The molecule has 0 saturated heterocycles. The molecule has 0 atom stereocenters. The Morgan fingerprint density at radius 3 is 2.62 bits per heavy atom. The van der Waals surface area contributed by atoms with Gasteiger partial charge in [0.15, 0.2) is 5.13 Å². The zero-order valence-corrected chi connectivity index (χ0v) is 20.0. The first kappa shape index (κ1) is 23.2. The molecular weight excluding hydrogens is 444 g/mol. The molecule has 2 N–H and O–H groups in total. The number of aromatic nitrogens is 1. The number of hydrogen-bond donors (Lipinski definition) is 2. The summed E-state index contributed by atoms with van der Waals surface area (Å²) in [5, 5.41) is 6.20. The molecule has 6 nitrogen and oxygen atoms in total. The van der Waals surface area contributed by atoms with E-state index in [0.717, 1.165) is 26.9 Å². The van der Waals surface area contributed by atoms with Gasteiger partial charge in [0.25, 0.3) is 0 Å². The van der Waals surface area contributed by atoms with E-state index in [-0.39, 0.29) is 6.03 Å². The van der Waals surface area contributed by atoms with Gasteiger partial charge in [-0.15, -0.1) is 0 Å². The summed E-state index contributed by atoms with van der Waals surface area (Å²) < 4.78 is 6.39. The fraction of sp³-hybridized carbons (Fsp3) is 0.148. The number of aliphatic imine (C=N–C) groups is 1. The third-order valence-corrected chi connectivity index (χ3v) is 6.07. The van der Waals surface area contributed by atoms with Crippen LogP contribution in [-0.2, 0) is 4.74 Å². The summed E-state index contributed by atoms with van der Waals surface area (Å²) in [6.07, 6.45) is 0.493. The van der Waals surface area contributed by atoms with Gasteiger partial charge in [-0.3, -0.25) is 5.32 Å². The molecule has 34 heavy (non-hydrogen) atoms. The van der Waals surface area contributed by atoms with Gasteiger partial charge in [0.1, 0.15) is 0 Å². The van der Waals surface area contributed by atoms with E-state index in [0.29, 0.717) is 29.7 Å². The van der Waals surface area contributed by atoms with Crippen molar-refractivity contribution in [1.29, 1.82) is 0 Å². The number of carbonyl (C=O) groups is 1. The molecule has 4 rings (SSSR count). The van der Waals surface area contributed by atoms with E-state index in [4.69, 9.17) is 4.74 Å². The van der Waals surface area contributed by atoms with Crippen LogP contribution in [0.4, 0.5) is 9.93 Å². The number of benzene rings is 3. The summed E-state index contributed by atoms with van der Waals surface area (Å²) in [4.78, 5) is 21.3. The predicted molar refractivity (Wildman–Crippen MR) is 141 cm³/mol. The van der Waals surface area contributed by atoms with Gasteiger partial charge in [-0.25, -0.2) is 14.8 Å². The summed E-state index contributed by atoms with van der Waals surface area (Å²) in [7, 11) is 1.58. The van der Waals surface area contributed by atoms with Crippen LogP contribution < -0.4 is 10.6 Å². The third-order valence-electron chi connectivity index (χ3n) is 5.13. The van der Waals surface area contributed by atoms with Gasteiger partial charge in [-0.1, -0.05) is 72.0 Å². The lowest BCUT2D eigenvalue weighted by molar-refractivity contribution is 0.252. The van der Waals surface area contributed by atoms with Crippen molar-refractivity contribution in [2.45, 2.75) is 13.3 Å². The van der Waals surface area contributed by atoms with E-state index in [1.54, 1.807) is 7.11 Å². The fourth-order valence-corrected chi connectivity index (χ4v) is 4.35. The molecule has 1 aromatic heterocycles. The second-order valence-electron chi connectivity index (χ2n) is 7.76. The Balaban J connectivity index is 1.32. The molecule has 0 spiro atoms. The largest absolute Gasteiger partial charge is 0.481 e. The van der Waals surface area contributed by atoms with Crippen LogP contribution in [0, 0.1) is 6.92 Å². The number of nitrogens with zero attached hydrogens (tertiary/aromatic N) is 2. The number of anilines is 1. The number of nitrogens with one attached hydrogen (secondary N) is 2. The number of urea groups is 1. The minimum Gasteiger partial charge on any atom is -0.481 e. The summed E-state index contributed by atoms with van der Waals surface area (Å²) in [5.41, 5.74) is 5.85. The Morgan fingerprint density at radius 1 is 1.06 bits per heavy atom. The number of ether oxygens (including phenoxy) is 1. The first-order valence-corrected chi connectivity index (χ1v) is 11.7. The standard InChI is InChI=1S/C27H26N4O2S/c1-18-8-7-11-21(16-18)22-12-13-23-24(17-22)34-27(30-23)31-26(32)28-15-14-19(2)29-25(33-3)20-9-5-4-6-10-20/h4-13,16-17H,2,14-15H2,1,3H3,(H2,28,30,31,32). The predicted octanol–water partition coefficient (Wildman–Crippen LogP) is 6.39. The normalized spacial score (nSPS) is 11.3. The minimum absolute atomic E-state index is 0.315. The second kappa shape index (κ2) is 10.8. The van der Waals surface area contributed by atoms with Crippen molar-refractivity contribution in [1.82, 2.24) is 10.3 Å². The number of hydrogen-bond acceptors (Lipinski definition) is 5. The molecule has 0 bridgehead atoms. The Bertz CT molecular complexity index is 1350. The lowest BCUT2D eigenvalue weighted by Crippen LogP contribution is -2.29. The molecule has 0 saturated carbocycles. The third kappa shape index (κ3) is 5.88. The van der Waals surface area contributed by atoms with Crippen molar-refractivity contribution >= 4 is 38.6 Å². The van der Waals surface area contributed by atoms with Crippen molar-refractivity contribution in [3.63, 3.8) is 0 Å². The van der Waals surface area contributed by atoms with Crippen LogP contribution in [0.1, 0.15) is 17.5 Å². The maximum atomic E-state index is 12.4. The molecule has 172 valence electrons. The quantitative estimate of drug-likeness (QED) is 0.243. The molecule has 0 aliphatic rings. The zero-order valence-electron chi connectivity index (χ0n) is 19.2. The van der Waals surface area contributed by atoms with Gasteiger partial charge in [0, 0.05) is 24.2 Å². The van der Waals surface area contributed by atoms with Crippen molar-refractivity contribution in [3.05, 3.63) is 96.2 Å². The number of carbonyl (C=O) groups excluding carboxylic acids is 1. The van der Waals surface area contributed by atoms with Gasteiger partial charge in [0.05, 0.1) is 17.3 Å². The highest BCUT2D eigenvalue weighted by Gasteiger charge is 2.10. The zero-order chi connectivity index (χ0) is 23.9. The van der Waals surface area contributed by atoms with Crippen molar-refractivity contribution in [3.8, 4) is 11.1 Å². The van der Waals surface area contributed by atoms with Crippen LogP contribution in [0.5, 0.6) is 0 Å². The second-order valence-corrected chi connectivity index (χ2v) is 8.79. The monoisotopic (exact) mass is 470 g/mol. The van der Waals surface area contributed by atoms with E-state index in [9.17, 15) is 4.79 Å². The van der Waals surface area contributed by atoms with Crippen molar-refractivity contribution in [2.24, 2.45) is 4.99 Å². The van der Waals surface area contributed by atoms with Gasteiger partial charge >= 0.3 is 6.03 Å². The van der Waals surface area contributed by atoms with Crippen molar-refractivity contribution < 1.29 is 9.53 Å². The molecule has 7 heteroatoms. The molecule has 1 heterocycles. The molecule has 0 aliphatic carbocycles. The maximum absolute atomic E-state index is 12.4. The Morgan fingerprint density at radius 2 is 1.85 bits per heavy atom. The Hall–Kier alpha value is -3.97. The fourth-order valence-electron chi connectivity index (χ4n) is 3.45. The van der Waals surface area contributed by atoms with Crippen LogP contribution in [0.2, 0.25) is 0 Å². The lowest BCUT2D eigenvalue weighted by atomic mass is 10.0. The highest BCUT2D eigenvalue weighted by atomic mass is 32.1. The van der Waals surface area contributed by atoms with Crippen LogP contribution in [0.3, 0.4) is 0 Å². The number of methoxy groups -OCH3 is 1. The Kier molecular flexibility index (Phi) is 7.34. The van der Waals surface area contributed by atoms with Gasteiger partial charge < -0.3 is 10.1 Å². The van der Waals surface area contributed by atoms with Gasteiger partial charge in [-0.05, 0) is 42.3 Å². The SMILES string of the molecule is C=C(CCNC(=O)Nc1nc2ccc(-c3cccc(C)c3)cc2s1)N=C(OC)c1ccccc1. The van der Waals surface area contributed by atoms with Crippen molar-refractivity contribution in [2.75, 3.05) is 19.0 Å². The van der Waals surface area contributed by atoms with Gasteiger partial charge in [0.2, 0.25) is 5.90 Å². The first-order chi connectivity index (χ1) is 16.5. The maximum Gasteiger partial charge on any atom is 0.321 e. The number of fused-ring (bicyclic) bond motifs is 1. The highest BCUT2D eigenvalue weighted by molar-refractivity contribution is 7.22. The lowest BCUT2D eigenvalue weighted by Gasteiger charge is -2.08. The molecule has 4 aromatic rings. The van der Waals surface area contributed by atoms with E-state index in [1.165, 1.54) is 16.9 Å². The molecular formula is C27H26N4O2S. The molecule has 0 aliphatic heterocycles. The van der Waals surface area contributed by atoms with Crippen LogP contribution >= 0.6 is 11.3 Å². The van der Waals surface area contributed by atoms with Crippen LogP contribution in [0.25, 0.3) is 21.3 Å². The van der Waals surface area contributed by atoms with Crippen LogP contribution in [-0.4, -0.2) is 30.6 Å². The summed E-state index contributed by atoms with van der Waals surface area (Å²) in [6, 6.07) is 23.8. The molecule has 3 aromatic carbocycles. The number of aryl methyl sites for hydroxylation is 1. The first-order valence-electron chi connectivity index (χ1n) is 10.9. The molecule has 0 radical (unpaired) electrons. The Labute approximate surface area is 203 Å². The molecule has 2 amide bonds. The number of thiazole rings is 1. The summed E-state index contributed by atoms with van der Waals surface area (Å²) in [6.45, 7) is 6.44. The molecule has 0 fully saturated rings. The summed E-state index contributed by atoms with van der Waals surface area (Å²) in [5.74, 6) is 0.495. The molecule has 0 unspecified atom stereocenters. The minimum atomic E-state index is -0.315. The van der Waals surface area contributed by atoms with E-state index < -0.39 is 0 Å². The van der Waals surface area contributed by atoms with Crippen LogP contribution in [0.15, 0.2) is 90.1 Å². The van der Waals surface area contributed by atoms with E-state index in [1.807, 2.05) is 36.4 Å². The van der Waals surface area contributed by atoms with E-state index in [2.05, 4.69) is 70.5 Å².